The highest BCUT2D eigenvalue weighted by Crippen LogP contribution is 2.30. The molecule has 0 aliphatic carbocycles. The Morgan fingerprint density at radius 3 is 2.83 bits per heavy atom. The molecule has 2 atom stereocenters. The van der Waals surface area contributed by atoms with Crippen molar-refractivity contribution in [1.29, 1.82) is 0 Å². The van der Waals surface area contributed by atoms with Crippen molar-refractivity contribution in [3.63, 3.8) is 0 Å². The summed E-state index contributed by atoms with van der Waals surface area (Å²) in [4.78, 5) is 11.6. The number of ether oxygens (including phenoxy) is 1. The van der Waals surface area contributed by atoms with E-state index in [9.17, 15) is 4.79 Å². The first kappa shape index (κ1) is 13.1. The van der Waals surface area contributed by atoms with Crippen molar-refractivity contribution in [2.45, 2.75) is 38.6 Å². The average Bonchev–Trinajstić information content (AvgIpc) is 2.38. The molecule has 2 rings (SSSR count). The van der Waals surface area contributed by atoms with E-state index in [-0.39, 0.29) is 12.0 Å². The Morgan fingerprint density at radius 1 is 1.39 bits per heavy atom. The topological polar surface area (TPSA) is 38.3 Å². The number of benzene rings is 1. The normalized spacial score (nSPS) is 23.7. The standard InChI is InChI=1S/C15H21NO2/c1-10-4-5-13(11(2)8-10)12-6-7-16-14(9-12)15(17)18-3/h4-5,8,12,14,16H,6-7,9H2,1-3H3. The molecule has 98 valence electrons. The molecule has 0 spiro atoms. The molecule has 0 bridgehead atoms. The van der Waals surface area contributed by atoms with Gasteiger partial charge in [-0.15, -0.1) is 0 Å². The Bertz CT molecular complexity index is 442. The third-order valence-corrected chi connectivity index (χ3v) is 3.75. The Balaban J connectivity index is 2.15. The summed E-state index contributed by atoms with van der Waals surface area (Å²) >= 11 is 0. The average molecular weight is 247 g/mol. The van der Waals surface area contributed by atoms with Crippen molar-refractivity contribution >= 4 is 5.97 Å². The van der Waals surface area contributed by atoms with Crippen LogP contribution in [0.2, 0.25) is 0 Å². The molecule has 0 radical (unpaired) electrons. The molecule has 1 N–H and O–H groups in total. The molecule has 2 unspecified atom stereocenters. The number of carbonyl (C=O) groups is 1. The minimum absolute atomic E-state index is 0.149. The van der Waals surface area contributed by atoms with E-state index >= 15 is 0 Å². The van der Waals surface area contributed by atoms with Gasteiger partial charge in [-0.05, 0) is 50.3 Å². The number of esters is 1. The second kappa shape index (κ2) is 5.53. The smallest absolute Gasteiger partial charge is 0.322 e. The molecule has 1 aromatic rings. The highest BCUT2D eigenvalue weighted by atomic mass is 16.5. The molecule has 18 heavy (non-hydrogen) atoms. The first-order chi connectivity index (χ1) is 8.61. The Kier molecular flexibility index (Phi) is 4.02. The van der Waals surface area contributed by atoms with E-state index in [0.29, 0.717) is 5.92 Å². The van der Waals surface area contributed by atoms with Crippen LogP contribution in [0, 0.1) is 13.8 Å². The van der Waals surface area contributed by atoms with Gasteiger partial charge in [0.2, 0.25) is 0 Å². The molecule has 3 heteroatoms. The number of methoxy groups -OCH3 is 1. The van der Waals surface area contributed by atoms with Crippen molar-refractivity contribution in [2.75, 3.05) is 13.7 Å². The van der Waals surface area contributed by atoms with Gasteiger partial charge in [0.25, 0.3) is 0 Å². The van der Waals surface area contributed by atoms with Gasteiger partial charge >= 0.3 is 5.97 Å². The summed E-state index contributed by atoms with van der Waals surface area (Å²) in [6.45, 7) is 5.13. The van der Waals surface area contributed by atoms with Gasteiger partial charge in [0.05, 0.1) is 7.11 Å². The highest BCUT2D eigenvalue weighted by molar-refractivity contribution is 5.75. The SMILES string of the molecule is COC(=O)C1CC(c2ccc(C)cc2C)CCN1. The zero-order valence-corrected chi connectivity index (χ0v) is 11.3. The van der Waals surface area contributed by atoms with Gasteiger partial charge in [0, 0.05) is 0 Å². The van der Waals surface area contributed by atoms with E-state index in [1.54, 1.807) is 0 Å². The van der Waals surface area contributed by atoms with E-state index in [4.69, 9.17) is 4.74 Å². The molecule has 0 amide bonds. The van der Waals surface area contributed by atoms with E-state index in [0.717, 1.165) is 19.4 Å². The largest absolute Gasteiger partial charge is 0.468 e. The second-order valence-electron chi connectivity index (χ2n) is 5.11. The summed E-state index contributed by atoms with van der Waals surface area (Å²) in [5.41, 5.74) is 3.98. The zero-order chi connectivity index (χ0) is 13.1. The van der Waals surface area contributed by atoms with Crippen LogP contribution >= 0.6 is 0 Å². The maximum absolute atomic E-state index is 11.6. The van der Waals surface area contributed by atoms with Crippen molar-refractivity contribution < 1.29 is 9.53 Å². The molecule has 1 saturated heterocycles. The van der Waals surface area contributed by atoms with Crippen molar-refractivity contribution in [2.24, 2.45) is 0 Å². The van der Waals surface area contributed by atoms with Crippen LogP contribution < -0.4 is 5.32 Å². The van der Waals surface area contributed by atoms with E-state index in [1.165, 1.54) is 23.8 Å². The minimum Gasteiger partial charge on any atom is -0.468 e. The molecule has 1 fully saturated rings. The van der Waals surface area contributed by atoms with Gasteiger partial charge in [-0.25, -0.2) is 0 Å². The second-order valence-corrected chi connectivity index (χ2v) is 5.11. The van der Waals surface area contributed by atoms with Crippen LogP contribution in [0.1, 0.15) is 35.4 Å². The molecule has 1 aliphatic rings. The third kappa shape index (κ3) is 2.72. The van der Waals surface area contributed by atoms with Crippen LogP contribution in [0.4, 0.5) is 0 Å². The Hall–Kier alpha value is -1.35. The molecule has 1 aromatic carbocycles. The van der Waals surface area contributed by atoms with Gasteiger partial charge in [0.15, 0.2) is 0 Å². The zero-order valence-electron chi connectivity index (χ0n) is 11.3. The Labute approximate surface area is 109 Å². The van der Waals surface area contributed by atoms with Crippen LogP contribution in [0.3, 0.4) is 0 Å². The first-order valence-electron chi connectivity index (χ1n) is 6.50. The maximum Gasteiger partial charge on any atom is 0.322 e. The summed E-state index contributed by atoms with van der Waals surface area (Å²) in [5.74, 6) is 0.306. The summed E-state index contributed by atoms with van der Waals surface area (Å²) in [7, 11) is 1.45. The van der Waals surface area contributed by atoms with Crippen molar-refractivity contribution in [1.82, 2.24) is 5.32 Å². The van der Waals surface area contributed by atoms with E-state index in [2.05, 4.69) is 37.4 Å². The molecule has 0 aromatic heterocycles. The number of carbonyl (C=O) groups excluding carboxylic acids is 1. The lowest BCUT2D eigenvalue weighted by Crippen LogP contribution is -2.43. The van der Waals surface area contributed by atoms with Gasteiger partial charge in [0.1, 0.15) is 6.04 Å². The fourth-order valence-corrected chi connectivity index (χ4v) is 2.81. The predicted octanol–water partition coefficient (Wildman–Crippen LogP) is 2.31. The van der Waals surface area contributed by atoms with E-state index in [1.807, 2.05) is 0 Å². The number of piperidine rings is 1. The molecule has 3 nitrogen and oxygen atoms in total. The lowest BCUT2D eigenvalue weighted by atomic mass is 9.84. The maximum atomic E-state index is 11.6. The molecular formula is C15H21NO2. The van der Waals surface area contributed by atoms with Gasteiger partial charge in [-0.3, -0.25) is 4.79 Å². The first-order valence-corrected chi connectivity index (χ1v) is 6.50. The summed E-state index contributed by atoms with van der Waals surface area (Å²) < 4.78 is 4.82. The fraction of sp³-hybridized carbons (Fsp3) is 0.533. The van der Waals surface area contributed by atoms with Gasteiger partial charge < -0.3 is 10.1 Å². The fourth-order valence-electron chi connectivity index (χ4n) is 2.81. The number of rotatable bonds is 2. The number of hydrogen-bond donors (Lipinski definition) is 1. The monoisotopic (exact) mass is 247 g/mol. The Morgan fingerprint density at radius 2 is 2.17 bits per heavy atom. The minimum atomic E-state index is -0.158. The quantitative estimate of drug-likeness (QED) is 0.815. The van der Waals surface area contributed by atoms with Crippen LogP contribution in [0.15, 0.2) is 18.2 Å². The van der Waals surface area contributed by atoms with Gasteiger partial charge in [-0.2, -0.15) is 0 Å². The predicted molar refractivity (Wildman–Crippen MR) is 71.7 cm³/mol. The van der Waals surface area contributed by atoms with Crippen LogP contribution in [-0.2, 0) is 9.53 Å². The van der Waals surface area contributed by atoms with E-state index < -0.39 is 0 Å². The lowest BCUT2D eigenvalue weighted by Gasteiger charge is -2.30. The lowest BCUT2D eigenvalue weighted by molar-refractivity contribution is -0.143. The molecule has 1 aliphatic heterocycles. The van der Waals surface area contributed by atoms with Gasteiger partial charge in [-0.1, -0.05) is 23.8 Å². The van der Waals surface area contributed by atoms with Crippen LogP contribution in [0.25, 0.3) is 0 Å². The van der Waals surface area contributed by atoms with Crippen molar-refractivity contribution in [3.05, 3.63) is 34.9 Å². The number of aryl methyl sites for hydroxylation is 2. The van der Waals surface area contributed by atoms with Crippen LogP contribution in [-0.4, -0.2) is 25.7 Å². The number of hydrogen-bond acceptors (Lipinski definition) is 3. The number of nitrogens with one attached hydrogen (secondary N) is 1. The third-order valence-electron chi connectivity index (χ3n) is 3.75. The summed E-state index contributed by atoms with van der Waals surface area (Å²) in [6.07, 6.45) is 1.91. The summed E-state index contributed by atoms with van der Waals surface area (Å²) in [5, 5.41) is 3.23. The molecule has 1 heterocycles. The molecule has 0 saturated carbocycles. The molecular weight excluding hydrogens is 226 g/mol. The highest BCUT2D eigenvalue weighted by Gasteiger charge is 2.28. The van der Waals surface area contributed by atoms with Crippen LogP contribution in [0.5, 0.6) is 0 Å². The van der Waals surface area contributed by atoms with Crippen molar-refractivity contribution in [3.8, 4) is 0 Å². The summed E-state index contributed by atoms with van der Waals surface area (Å²) in [6, 6.07) is 6.41.